The van der Waals surface area contributed by atoms with Gasteiger partial charge in [0.05, 0.1) is 0 Å². The second-order valence-corrected chi connectivity index (χ2v) is 22.7. The van der Waals surface area contributed by atoms with Crippen molar-refractivity contribution in [2.45, 2.75) is 18.2 Å². The summed E-state index contributed by atoms with van der Waals surface area (Å²) in [4.78, 5) is 0. The zero-order valence-corrected chi connectivity index (χ0v) is 17.2. The fraction of sp³-hybridized carbons (Fsp3) is 0.263. The summed E-state index contributed by atoms with van der Waals surface area (Å²) in [5.74, 6) is 0. The molecule has 3 heteroatoms. The Morgan fingerprint density at radius 3 is 1.73 bits per heavy atom. The third kappa shape index (κ3) is 6.41. The van der Waals surface area contributed by atoms with E-state index in [-0.39, 0.29) is 0 Å². The van der Waals surface area contributed by atoms with E-state index < -0.39 is 4.20 Å². The molecule has 0 aliphatic rings. The first kappa shape index (κ1) is 18.0. The Hall–Kier alpha value is -0.351. The second kappa shape index (κ2) is 9.71. The first-order chi connectivity index (χ1) is 10.7. The van der Waals surface area contributed by atoms with Crippen LogP contribution in [0.2, 0.25) is 5.32 Å². The van der Waals surface area contributed by atoms with Crippen molar-refractivity contribution in [2.24, 2.45) is 0 Å². The molecule has 0 aliphatic heterocycles. The molecular weight excluding hydrogens is 417 g/mol. The Morgan fingerprint density at radius 2 is 1.32 bits per heavy atom. The molecular formula is C19H23PSe2. The van der Waals surface area contributed by atoms with Crippen LogP contribution in [0, 0.1) is 0 Å². The molecule has 2 rings (SSSR count). The third-order valence-corrected chi connectivity index (χ3v) is 18.5. The molecule has 0 N–H and O–H groups in total. The maximum absolute atomic E-state index is 3.92. The Morgan fingerprint density at radius 1 is 0.864 bits per heavy atom. The molecule has 0 radical (unpaired) electrons. The van der Waals surface area contributed by atoms with Crippen molar-refractivity contribution in [3.05, 3.63) is 84.4 Å². The number of benzene rings is 2. The fourth-order valence-corrected chi connectivity index (χ4v) is 12.7. The maximum atomic E-state index is 3.92. The Labute approximate surface area is 148 Å². The van der Waals surface area contributed by atoms with Gasteiger partial charge in [-0.05, 0) is 0 Å². The van der Waals surface area contributed by atoms with Gasteiger partial charge >= 0.3 is 149 Å². The van der Waals surface area contributed by atoms with Gasteiger partial charge in [0.15, 0.2) is 0 Å². The summed E-state index contributed by atoms with van der Waals surface area (Å²) >= 11 is 4.34. The summed E-state index contributed by atoms with van der Waals surface area (Å²) in [6.07, 6.45) is 7.16. The van der Waals surface area contributed by atoms with Gasteiger partial charge in [0, 0.05) is 0 Å². The van der Waals surface area contributed by atoms with Crippen LogP contribution in [0.1, 0.15) is 11.1 Å². The van der Waals surface area contributed by atoms with Crippen LogP contribution in [0.25, 0.3) is 0 Å². The summed E-state index contributed by atoms with van der Waals surface area (Å²) in [5.41, 5.74) is 2.94. The average Bonchev–Trinajstić information content (AvgIpc) is 2.59. The van der Waals surface area contributed by atoms with Crippen LogP contribution < -0.4 is 0 Å². The van der Waals surface area contributed by atoms with Crippen LogP contribution >= 0.6 is 4.20 Å². The second-order valence-electron chi connectivity index (χ2n) is 5.32. The van der Waals surface area contributed by atoms with E-state index in [2.05, 4.69) is 88.4 Å². The first-order valence-corrected chi connectivity index (χ1v) is 15.4. The van der Waals surface area contributed by atoms with E-state index in [1.807, 2.05) is 0 Å². The van der Waals surface area contributed by atoms with Gasteiger partial charge in [0.2, 0.25) is 0 Å². The van der Waals surface area contributed by atoms with E-state index in [1.165, 1.54) is 41.6 Å². The van der Waals surface area contributed by atoms with E-state index in [9.17, 15) is 0 Å². The fourth-order valence-electron chi connectivity index (χ4n) is 2.32. The summed E-state index contributed by atoms with van der Waals surface area (Å²) in [6, 6.07) is 21.8. The van der Waals surface area contributed by atoms with Gasteiger partial charge in [0.25, 0.3) is 0 Å². The molecule has 0 bridgehead atoms. The van der Waals surface area contributed by atoms with E-state index in [0.29, 0.717) is 14.5 Å². The normalized spacial score (nSPS) is 11.3. The number of rotatable bonds is 9. The van der Waals surface area contributed by atoms with Gasteiger partial charge in [-0.3, -0.25) is 0 Å². The van der Waals surface area contributed by atoms with Gasteiger partial charge in [-0.15, -0.1) is 0 Å². The van der Waals surface area contributed by atoms with Crippen molar-refractivity contribution >= 4 is 33.8 Å². The molecule has 0 aliphatic carbocycles. The van der Waals surface area contributed by atoms with Crippen molar-refractivity contribution in [1.82, 2.24) is 0 Å². The van der Waals surface area contributed by atoms with Crippen LogP contribution in [-0.4, -0.2) is 41.9 Å². The summed E-state index contributed by atoms with van der Waals surface area (Å²) in [5, 5.41) is 1.19. The van der Waals surface area contributed by atoms with Crippen molar-refractivity contribution in [2.75, 3.05) is 12.3 Å². The van der Waals surface area contributed by atoms with Crippen LogP contribution in [-0.2, 0) is 12.8 Å². The van der Waals surface area contributed by atoms with Crippen molar-refractivity contribution < 1.29 is 0 Å². The number of hydrogen-bond acceptors (Lipinski definition) is 0. The molecule has 2 aromatic rings. The van der Waals surface area contributed by atoms with Gasteiger partial charge in [0.1, 0.15) is 0 Å². The zero-order valence-electron chi connectivity index (χ0n) is 12.9. The van der Waals surface area contributed by atoms with Gasteiger partial charge < -0.3 is 0 Å². The standard InChI is InChI=1S/C19H23PSe2/c1-2-17-22-20(21,15-13-18-9-5-3-6-10-18)16-14-19-11-7-4-8-12-19/h2-12H,1,13-17H2. The van der Waals surface area contributed by atoms with Gasteiger partial charge in [-0.2, -0.15) is 0 Å². The van der Waals surface area contributed by atoms with Gasteiger partial charge in [-0.25, -0.2) is 0 Å². The Bertz CT molecular complexity index is 560. The van der Waals surface area contributed by atoms with Crippen LogP contribution in [0.4, 0.5) is 0 Å². The predicted molar refractivity (Wildman–Crippen MR) is 103 cm³/mol. The van der Waals surface area contributed by atoms with Crippen LogP contribution in [0.3, 0.4) is 0 Å². The predicted octanol–water partition coefficient (Wildman–Crippen LogP) is 4.80. The molecule has 0 saturated heterocycles. The molecule has 0 unspecified atom stereocenters. The third-order valence-electron chi connectivity index (χ3n) is 3.60. The molecule has 0 saturated carbocycles. The average molecular weight is 440 g/mol. The van der Waals surface area contributed by atoms with E-state index in [4.69, 9.17) is 0 Å². The number of allylic oxidation sites excluding steroid dienone is 1. The van der Waals surface area contributed by atoms with Crippen molar-refractivity contribution in [3.8, 4) is 0 Å². The van der Waals surface area contributed by atoms with Crippen LogP contribution in [0.15, 0.2) is 73.3 Å². The molecule has 0 amide bonds. The Kier molecular flexibility index (Phi) is 7.94. The molecule has 2 aromatic carbocycles. The molecule has 22 heavy (non-hydrogen) atoms. The summed E-state index contributed by atoms with van der Waals surface area (Å²) < 4.78 is -0.951. The molecule has 0 fully saturated rings. The minimum absolute atomic E-state index is 0.679. The SMILES string of the molecule is C=CC[Se]P(=[Se])(CCc1ccccc1)CCc1ccccc1. The molecule has 0 heterocycles. The molecule has 0 atom stereocenters. The molecule has 116 valence electrons. The van der Waals surface area contributed by atoms with Crippen molar-refractivity contribution in [3.63, 3.8) is 0 Å². The summed E-state index contributed by atoms with van der Waals surface area (Å²) in [7, 11) is 0. The molecule has 0 spiro atoms. The molecule has 0 aromatic heterocycles. The number of hydrogen-bond donors (Lipinski definition) is 0. The quantitative estimate of drug-likeness (QED) is 0.299. The van der Waals surface area contributed by atoms with E-state index in [1.54, 1.807) is 0 Å². The van der Waals surface area contributed by atoms with Crippen molar-refractivity contribution in [1.29, 1.82) is 0 Å². The minimum atomic E-state index is -0.951. The monoisotopic (exact) mass is 442 g/mol. The topological polar surface area (TPSA) is 0 Å². The first-order valence-electron chi connectivity index (χ1n) is 7.63. The molecule has 0 nitrogen and oxygen atoms in total. The van der Waals surface area contributed by atoms with Crippen LogP contribution in [0.5, 0.6) is 0 Å². The Balaban J connectivity index is 1.96. The van der Waals surface area contributed by atoms with E-state index in [0.717, 1.165) is 0 Å². The zero-order chi connectivity index (χ0) is 15.7. The summed E-state index contributed by atoms with van der Waals surface area (Å²) in [6.45, 7) is 3.92. The van der Waals surface area contributed by atoms with E-state index >= 15 is 0 Å². The van der Waals surface area contributed by atoms with Gasteiger partial charge in [-0.1, -0.05) is 0 Å². The number of aryl methyl sites for hydroxylation is 2.